The zero-order chi connectivity index (χ0) is 17.6. The van der Waals surface area contributed by atoms with Crippen LogP contribution in [0.3, 0.4) is 0 Å². The van der Waals surface area contributed by atoms with Crippen molar-refractivity contribution in [1.29, 1.82) is 0 Å². The van der Waals surface area contributed by atoms with E-state index in [1.54, 1.807) is 6.07 Å². The summed E-state index contributed by atoms with van der Waals surface area (Å²) in [4.78, 5) is 15.4. The van der Waals surface area contributed by atoms with Crippen LogP contribution in [0.5, 0.6) is 11.5 Å². The van der Waals surface area contributed by atoms with Gasteiger partial charge in [0.05, 0.1) is 5.52 Å². The number of hydrogen-bond donors (Lipinski definition) is 1. The standard InChI is InChI=1S/C21H23NO3/c1-3-7-16-13-18-19(22-15(2)12-20(18)23)14-21(16)25-11-10-24-17-8-5-4-6-9-17/h4-6,8-9,12-14H,3,7,10-11H2,1-2H3,(H,22,23). The summed E-state index contributed by atoms with van der Waals surface area (Å²) in [7, 11) is 0. The predicted molar refractivity (Wildman–Crippen MR) is 101 cm³/mol. The first-order valence-electron chi connectivity index (χ1n) is 8.64. The van der Waals surface area contributed by atoms with E-state index in [4.69, 9.17) is 9.47 Å². The van der Waals surface area contributed by atoms with E-state index in [1.807, 2.05) is 49.4 Å². The lowest BCUT2D eigenvalue weighted by atomic mass is 10.0. The van der Waals surface area contributed by atoms with Crippen LogP contribution in [-0.2, 0) is 6.42 Å². The highest BCUT2D eigenvalue weighted by atomic mass is 16.5. The van der Waals surface area contributed by atoms with Gasteiger partial charge in [-0.2, -0.15) is 0 Å². The average Bonchev–Trinajstić information content (AvgIpc) is 2.60. The molecule has 0 aliphatic carbocycles. The van der Waals surface area contributed by atoms with Gasteiger partial charge >= 0.3 is 0 Å². The highest BCUT2D eigenvalue weighted by Gasteiger charge is 2.09. The lowest BCUT2D eigenvalue weighted by Crippen LogP contribution is -2.11. The second kappa shape index (κ2) is 7.88. The van der Waals surface area contributed by atoms with Crippen LogP contribution in [-0.4, -0.2) is 18.2 Å². The third-order valence-corrected chi connectivity index (χ3v) is 4.02. The molecule has 0 aliphatic rings. The number of rotatable bonds is 7. The van der Waals surface area contributed by atoms with Crippen molar-refractivity contribution in [2.24, 2.45) is 0 Å². The topological polar surface area (TPSA) is 51.3 Å². The van der Waals surface area contributed by atoms with Crippen LogP contribution in [0.2, 0.25) is 0 Å². The zero-order valence-electron chi connectivity index (χ0n) is 14.7. The first-order valence-corrected chi connectivity index (χ1v) is 8.64. The lowest BCUT2D eigenvalue weighted by molar-refractivity contribution is 0.216. The van der Waals surface area contributed by atoms with Gasteiger partial charge in [0.15, 0.2) is 5.43 Å². The lowest BCUT2D eigenvalue weighted by Gasteiger charge is -2.13. The maximum atomic E-state index is 12.2. The van der Waals surface area contributed by atoms with Crippen LogP contribution < -0.4 is 14.9 Å². The summed E-state index contributed by atoms with van der Waals surface area (Å²) in [5, 5.41) is 0.710. The number of hydrogen-bond acceptors (Lipinski definition) is 3. The van der Waals surface area contributed by atoms with Crippen molar-refractivity contribution >= 4 is 10.9 Å². The van der Waals surface area contributed by atoms with E-state index in [0.29, 0.717) is 18.6 Å². The molecule has 3 aromatic rings. The molecule has 25 heavy (non-hydrogen) atoms. The summed E-state index contributed by atoms with van der Waals surface area (Å²) in [5.41, 5.74) is 2.76. The van der Waals surface area contributed by atoms with Gasteiger partial charge in [-0.3, -0.25) is 4.79 Å². The van der Waals surface area contributed by atoms with Crippen molar-refractivity contribution in [3.63, 3.8) is 0 Å². The third-order valence-electron chi connectivity index (χ3n) is 4.02. The summed E-state index contributed by atoms with van der Waals surface area (Å²) in [6.45, 7) is 4.92. The Morgan fingerprint density at radius 3 is 2.52 bits per heavy atom. The van der Waals surface area contributed by atoms with Crippen molar-refractivity contribution < 1.29 is 9.47 Å². The van der Waals surface area contributed by atoms with Gasteiger partial charge in [0.2, 0.25) is 0 Å². The normalized spacial score (nSPS) is 10.8. The van der Waals surface area contributed by atoms with Gasteiger partial charge in [0.1, 0.15) is 24.7 Å². The molecule has 1 heterocycles. The quantitative estimate of drug-likeness (QED) is 0.656. The Labute approximate surface area is 147 Å². The number of H-pyrrole nitrogens is 1. The largest absolute Gasteiger partial charge is 0.490 e. The minimum absolute atomic E-state index is 0.0440. The van der Waals surface area contributed by atoms with Gasteiger partial charge in [0.25, 0.3) is 0 Å². The molecule has 1 N–H and O–H groups in total. The van der Waals surface area contributed by atoms with Crippen molar-refractivity contribution in [1.82, 2.24) is 4.98 Å². The van der Waals surface area contributed by atoms with E-state index in [1.165, 1.54) is 0 Å². The van der Waals surface area contributed by atoms with Crippen LogP contribution in [0.1, 0.15) is 24.6 Å². The molecule has 0 saturated heterocycles. The first-order chi connectivity index (χ1) is 12.2. The van der Waals surface area contributed by atoms with E-state index in [9.17, 15) is 4.79 Å². The molecule has 2 aromatic carbocycles. The van der Waals surface area contributed by atoms with Gasteiger partial charge in [-0.25, -0.2) is 0 Å². The monoisotopic (exact) mass is 337 g/mol. The number of fused-ring (bicyclic) bond motifs is 1. The molecule has 0 spiro atoms. The molecule has 0 radical (unpaired) electrons. The van der Waals surface area contributed by atoms with E-state index >= 15 is 0 Å². The highest BCUT2D eigenvalue weighted by Crippen LogP contribution is 2.25. The molecule has 0 unspecified atom stereocenters. The molecular weight excluding hydrogens is 314 g/mol. The second-order valence-electron chi connectivity index (χ2n) is 6.08. The number of benzene rings is 2. The molecule has 0 saturated carbocycles. The van der Waals surface area contributed by atoms with Crippen molar-refractivity contribution in [3.8, 4) is 11.5 Å². The minimum Gasteiger partial charge on any atom is -0.490 e. The second-order valence-corrected chi connectivity index (χ2v) is 6.08. The number of aromatic amines is 1. The van der Waals surface area contributed by atoms with E-state index in [2.05, 4.69) is 11.9 Å². The number of nitrogens with one attached hydrogen (secondary N) is 1. The molecule has 0 amide bonds. The Balaban J connectivity index is 1.76. The molecule has 1 aromatic heterocycles. The smallest absolute Gasteiger partial charge is 0.189 e. The van der Waals surface area contributed by atoms with E-state index < -0.39 is 0 Å². The van der Waals surface area contributed by atoms with E-state index in [0.717, 1.165) is 41.1 Å². The molecule has 0 aliphatic heterocycles. The predicted octanol–water partition coefficient (Wildman–Crippen LogP) is 4.25. The zero-order valence-corrected chi connectivity index (χ0v) is 14.7. The molecule has 0 bridgehead atoms. The summed E-state index contributed by atoms with van der Waals surface area (Å²) in [6, 6.07) is 15.2. The highest BCUT2D eigenvalue weighted by molar-refractivity contribution is 5.81. The van der Waals surface area contributed by atoms with Crippen LogP contribution in [0.25, 0.3) is 10.9 Å². The molecule has 4 nitrogen and oxygen atoms in total. The van der Waals surface area contributed by atoms with Crippen LogP contribution in [0.15, 0.2) is 53.3 Å². The van der Waals surface area contributed by atoms with Gasteiger partial charge in [-0.1, -0.05) is 31.5 Å². The fourth-order valence-corrected chi connectivity index (χ4v) is 2.88. The van der Waals surface area contributed by atoms with Crippen molar-refractivity contribution in [2.45, 2.75) is 26.7 Å². The molecular formula is C21H23NO3. The van der Waals surface area contributed by atoms with Crippen LogP contribution >= 0.6 is 0 Å². The fraction of sp³-hybridized carbons (Fsp3) is 0.286. The summed E-state index contributed by atoms with van der Waals surface area (Å²) in [6.07, 6.45) is 1.87. The van der Waals surface area contributed by atoms with Crippen molar-refractivity contribution in [3.05, 3.63) is 70.0 Å². The number of para-hydroxylation sites is 1. The summed E-state index contributed by atoms with van der Waals surface area (Å²) >= 11 is 0. The Morgan fingerprint density at radius 1 is 1.00 bits per heavy atom. The SMILES string of the molecule is CCCc1cc2c(=O)cc(C)[nH]c2cc1OCCOc1ccccc1. The van der Waals surface area contributed by atoms with Crippen molar-refractivity contribution in [2.75, 3.05) is 13.2 Å². The van der Waals surface area contributed by atoms with Gasteiger partial charge in [0, 0.05) is 23.2 Å². The molecule has 130 valence electrons. The van der Waals surface area contributed by atoms with Gasteiger partial charge in [-0.05, 0) is 37.1 Å². The molecule has 3 rings (SSSR count). The molecule has 0 fully saturated rings. The first kappa shape index (κ1) is 17.1. The van der Waals surface area contributed by atoms with Gasteiger partial charge in [-0.15, -0.1) is 0 Å². The van der Waals surface area contributed by atoms with E-state index in [-0.39, 0.29) is 5.43 Å². The number of aryl methyl sites for hydroxylation is 2. The molecule has 0 atom stereocenters. The Bertz CT molecular complexity index is 900. The minimum atomic E-state index is 0.0440. The third kappa shape index (κ3) is 4.21. The van der Waals surface area contributed by atoms with Crippen LogP contribution in [0, 0.1) is 6.92 Å². The number of aromatic nitrogens is 1. The molecule has 4 heteroatoms. The Morgan fingerprint density at radius 2 is 1.76 bits per heavy atom. The number of pyridine rings is 1. The maximum Gasteiger partial charge on any atom is 0.189 e. The Kier molecular flexibility index (Phi) is 5.39. The van der Waals surface area contributed by atoms with Gasteiger partial charge < -0.3 is 14.5 Å². The maximum absolute atomic E-state index is 12.2. The Hall–Kier alpha value is -2.75. The van der Waals surface area contributed by atoms with Crippen LogP contribution in [0.4, 0.5) is 0 Å². The summed E-state index contributed by atoms with van der Waals surface area (Å²) in [5.74, 6) is 1.64. The number of ether oxygens (including phenoxy) is 2. The average molecular weight is 337 g/mol. The fourth-order valence-electron chi connectivity index (χ4n) is 2.88. The summed E-state index contributed by atoms with van der Waals surface area (Å²) < 4.78 is 11.6.